The quantitative estimate of drug-likeness (QED) is 0.793. The fourth-order valence-corrected chi connectivity index (χ4v) is 3.49. The molecule has 1 atom stereocenters. The van der Waals surface area contributed by atoms with Crippen LogP contribution in [0.3, 0.4) is 0 Å². The Morgan fingerprint density at radius 3 is 2.52 bits per heavy atom. The SMILES string of the molecule is N#CC(N)(CCSc1cc(Cl)ccc1Cl)c1ccccc1. The van der Waals surface area contributed by atoms with Crippen LogP contribution in [0, 0.1) is 11.3 Å². The Hall–Kier alpha value is -1.18. The number of halogens is 2. The molecule has 0 aliphatic rings. The van der Waals surface area contributed by atoms with Crippen molar-refractivity contribution < 1.29 is 0 Å². The molecule has 0 saturated heterocycles. The summed E-state index contributed by atoms with van der Waals surface area (Å²) in [5, 5.41) is 10.7. The molecule has 21 heavy (non-hydrogen) atoms. The van der Waals surface area contributed by atoms with Gasteiger partial charge in [0.25, 0.3) is 0 Å². The van der Waals surface area contributed by atoms with Crippen LogP contribution in [0.25, 0.3) is 0 Å². The summed E-state index contributed by atoms with van der Waals surface area (Å²) in [5.41, 5.74) is 6.05. The fraction of sp³-hybridized carbons (Fsp3) is 0.188. The highest BCUT2D eigenvalue weighted by Crippen LogP contribution is 2.32. The minimum atomic E-state index is -0.987. The zero-order valence-corrected chi connectivity index (χ0v) is 13.6. The molecule has 0 heterocycles. The molecule has 2 nitrogen and oxygen atoms in total. The second kappa shape index (κ2) is 7.20. The molecule has 0 spiro atoms. The Morgan fingerprint density at radius 2 is 1.86 bits per heavy atom. The predicted octanol–water partition coefficient (Wildman–Crippen LogP) is 4.85. The molecule has 108 valence electrons. The largest absolute Gasteiger partial charge is 0.310 e. The van der Waals surface area contributed by atoms with E-state index in [0.29, 0.717) is 22.2 Å². The van der Waals surface area contributed by atoms with E-state index in [1.165, 1.54) is 0 Å². The molecule has 0 fully saturated rings. The minimum Gasteiger partial charge on any atom is -0.310 e. The summed E-state index contributed by atoms with van der Waals surface area (Å²) in [4.78, 5) is 0.900. The number of nitrogens with zero attached hydrogens (tertiary/aromatic N) is 1. The number of thioether (sulfide) groups is 1. The lowest BCUT2D eigenvalue weighted by Crippen LogP contribution is -2.35. The van der Waals surface area contributed by atoms with Crippen LogP contribution >= 0.6 is 35.0 Å². The van der Waals surface area contributed by atoms with Crippen molar-refractivity contribution in [1.82, 2.24) is 0 Å². The summed E-state index contributed by atoms with van der Waals surface area (Å²) in [6, 6.07) is 17.0. The first kappa shape index (κ1) is 16.2. The van der Waals surface area contributed by atoms with Gasteiger partial charge >= 0.3 is 0 Å². The third kappa shape index (κ3) is 4.15. The summed E-state index contributed by atoms with van der Waals surface area (Å²) in [6.45, 7) is 0. The number of hydrogen-bond acceptors (Lipinski definition) is 3. The molecule has 0 aliphatic carbocycles. The molecule has 2 rings (SSSR count). The summed E-state index contributed by atoms with van der Waals surface area (Å²) in [7, 11) is 0. The molecule has 0 radical (unpaired) electrons. The van der Waals surface area contributed by atoms with Crippen molar-refractivity contribution in [1.29, 1.82) is 5.26 Å². The van der Waals surface area contributed by atoms with E-state index in [4.69, 9.17) is 28.9 Å². The third-order valence-electron chi connectivity index (χ3n) is 3.14. The van der Waals surface area contributed by atoms with Crippen LogP contribution in [-0.4, -0.2) is 5.75 Å². The Kier molecular flexibility index (Phi) is 5.55. The topological polar surface area (TPSA) is 49.8 Å². The van der Waals surface area contributed by atoms with Crippen molar-refractivity contribution in [2.75, 3.05) is 5.75 Å². The molecular weight excluding hydrogens is 323 g/mol. The number of nitrogens with two attached hydrogens (primary N) is 1. The van der Waals surface area contributed by atoms with Gasteiger partial charge in [0.2, 0.25) is 0 Å². The van der Waals surface area contributed by atoms with Gasteiger partial charge in [0.05, 0.1) is 11.1 Å². The average Bonchev–Trinajstić information content (AvgIpc) is 2.51. The van der Waals surface area contributed by atoms with E-state index in [2.05, 4.69) is 6.07 Å². The van der Waals surface area contributed by atoms with Crippen molar-refractivity contribution in [3.63, 3.8) is 0 Å². The second-order valence-electron chi connectivity index (χ2n) is 4.62. The standard InChI is InChI=1S/C16H14Cl2N2S/c17-13-6-7-14(18)15(10-13)21-9-8-16(20,11-19)12-4-2-1-3-5-12/h1-7,10H,8-9,20H2. The van der Waals surface area contributed by atoms with E-state index in [1.807, 2.05) is 36.4 Å². The zero-order valence-electron chi connectivity index (χ0n) is 11.2. The molecule has 0 saturated carbocycles. The smallest absolute Gasteiger partial charge is 0.130 e. The average molecular weight is 337 g/mol. The monoisotopic (exact) mass is 336 g/mol. The van der Waals surface area contributed by atoms with Crippen LogP contribution < -0.4 is 5.73 Å². The van der Waals surface area contributed by atoms with Gasteiger partial charge in [-0.25, -0.2) is 0 Å². The van der Waals surface area contributed by atoms with E-state index >= 15 is 0 Å². The molecule has 1 unspecified atom stereocenters. The maximum atomic E-state index is 9.40. The molecule has 0 bridgehead atoms. The van der Waals surface area contributed by atoms with Gasteiger partial charge in [-0.05, 0) is 30.2 Å². The van der Waals surface area contributed by atoms with Crippen LogP contribution in [0.4, 0.5) is 0 Å². The maximum absolute atomic E-state index is 9.40. The number of hydrogen-bond donors (Lipinski definition) is 1. The first-order valence-corrected chi connectivity index (χ1v) is 8.13. The summed E-state index contributed by atoms with van der Waals surface area (Å²) >= 11 is 13.6. The fourth-order valence-electron chi connectivity index (χ4n) is 1.91. The van der Waals surface area contributed by atoms with E-state index in [0.717, 1.165) is 10.5 Å². The van der Waals surface area contributed by atoms with Gasteiger partial charge in [-0.15, -0.1) is 11.8 Å². The van der Waals surface area contributed by atoms with Gasteiger partial charge in [0.1, 0.15) is 5.54 Å². The second-order valence-corrected chi connectivity index (χ2v) is 6.60. The van der Waals surface area contributed by atoms with Gasteiger partial charge in [-0.2, -0.15) is 5.26 Å². The van der Waals surface area contributed by atoms with E-state index < -0.39 is 5.54 Å². The summed E-state index contributed by atoms with van der Waals surface area (Å²) in [6.07, 6.45) is 0.529. The predicted molar refractivity (Wildman–Crippen MR) is 89.7 cm³/mol. The van der Waals surface area contributed by atoms with Gasteiger partial charge < -0.3 is 5.73 Å². The number of benzene rings is 2. The maximum Gasteiger partial charge on any atom is 0.130 e. The van der Waals surface area contributed by atoms with Crippen LogP contribution in [0.2, 0.25) is 10.0 Å². The minimum absolute atomic E-state index is 0.529. The highest BCUT2D eigenvalue weighted by Gasteiger charge is 2.26. The van der Waals surface area contributed by atoms with Gasteiger partial charge in [-0.1, -0.05) is 53.5 Å². The van der Waals surface area contributed by atoms with Crippen LogP contribution in [0.5, 0.6) is 0 Å². The molecule has 0 amide bonds. The molecule has 0 aliphatic heterocycles. The molecule has 2 aromatic carbocycles. The number of rotatable bonds is 5. The van der Waals surface area contributed by atoms with Crippen LogP contribution in [0.15, 0.2) is 53.4 Å². The Balaban J connectivity index is 2.05. The lowest BCUT2D eigenvalue weighted by Gasteiger charge is -2.21. The summed E-state index contributed by atoms with van der Waals surface area (Å²) in [5.74, 6) is 0.680. The first-order valence-electron chi connectivity index (χ1n) is 6.39. The third-order valence-corrected chi connectivity index (χ3v) is 4.87. The Labute approximate surface area is 138 Å². The summed E-state index contributed by atoms with van der Waals surface area (Å²) < 4.78 is 0. The van der Waals surface area contributed by atoms with Gasteiger partial charge in [-0.3, -0.25) is 0 Å². The first-order chi connectivity index (χ1) is 10.0. The van der Waals surface area contributed by atoms with Crippen molar-refractivity contribution in [2.24, 2.45) is 5.73 Å². The molecule has 0 aromatic heterocycles. The molecule has 2 aromatic rings. The molecular formula is C16H14Cl2N2S. The zero-order chi connectivity index (χ0) is 15.3. The molecule has 5 heteroatoms. The normalized spacial score (nSPS) is 13.4. The number of nitriles is 1. The van der Waals surface area contributed by atoms with Crippen LogP contribution in [-0.2, 0) is 5.54 Å². The van der Waals surface area contributed by atoms with Crippen LogP contribution in [0.1, 0.15) is 12.0 Å². The Morgan fingerprint density at radius 1 is 1.14 bits per heavy atom. The van der Waals surface area contributed by atoms with Crippen molar-refractivity contribution in [3.8, 4) is 6.07 Å². The lowest BCUT2D eigenvalue weighted by molar-refractivity contribution is 0.560. The van der Waals surface area contributed by atoms with E-state index in [9.17, 15) is 5.26 Å². The van der Waals surface area contributed by atoms with Crippen molar-refractivity contribution >= 4 is 35.0 Å². The van der Waals surface area contributed by atoms with E-state index in [1.54, 1.807) is 23.9 Å². The van der Waals surface area contributed by atoms with E-state index in [-0.39, 0.29) is 0 Å². The Bertz CT molecular complexity index is 655. The molecule has 2 N–H and O–H groups in total. The van der Waals surface area contributed by atoms with Gasteiger partial charge in [0.15, 0.2) is 0 Å². The van der Waals surface area contributed by atoms with Crippen molar-refractivity contribution in [3.05, 3.63) is 64.1 Å². The van der Waals surface area contributed by atoms with Crippen molar-refractivity contribution in [2.45, 2.75) is 16.9 Å². The highest BCUT2D eigenvalue weighted by molar-refractivity contribution is 7.99. The lowest BCUT2D eigenvalue weighted by atomic mass is 9.90. The highest BCUT2D eigenvalue weighted by atomic mass is 35.5. The van der Waals surface area contributed by atoms with Gasteiger partial charge in [0, 0.05) is 15.7 Å².